The summed E-state index contributed by atoms with van der Waals surface area (Å²) in [5, 5.41) is 0.454. The van der Waals surface area contributed by atoms with E-state index in [4.69, 9.17) is 0 Å². The SMILES string of the molecule is CCc1ccc(C(=O)c2cnc3ccc(C)cc3c2S(=O)(=O)c2ccccc2)cc1. The van der Waals surface area contributed by atoms with Gasteiger partial charge in [-0.05, 0) is 43.2 Å². The molecule has 0 spiro atoms. The number of nitrogens with zero attached hydrogens (tertiary/aromatic N) is 1. The van der Waals surface area contributed by atoms with Crippen LogP contribution in [0.15, 0.2) is 88.8 Å². The number of fused-ring (bicyclic) bond motifs is 1. The Balaban J connectivity index is 2.00. The maximum atomic E-state index is 13.6. The molecular formula is C25H21NO3S. The molecule has 0 unspecified atom stereocenters. The Labute approximate surface area is 176 Å². The first-order valence-electron chi connectivity index (χ1n) is 9.75. The molecule has 30 heavy (non-hydrogen) atoms. The lowest BCUT2D eigenvalue weighted by atomic mass is 10.0. The molecule has 0 saturated carbocycles. The zero-order valence-corrected chi connectivity index (χ0v) is 17.6. The van der Waals surface area contributed by atoms with Crippen molar-refractivity contribution in [3.63, 3.8) is 0 Å². The Morgan fingerprint density at radius 2 is 1.63 bits per heavy atom. The average molecular weight is 416 g/mol. The fourth-order valence-electron chi connectivity index (χ4n) is 3.50. The second-order valence-electron chi connectivity index (χ2n) is 7.22. The largest absolute Gasteiger partial charge is 0.289 e. The molecule has 0 saturated heterocycles. The van der Waals surface area contributed by atoms with Gasteiger partial charge in [0.05, 0.1) is 20.9 Å². The van der Waals surface area contributed by atoms with Gasteiger partial charge in [0.1, 0.15) is 0 Å². The lowest BCUT2D eigenvalue weighted by molar-refractivity contribution is 0.103. The molecule has 4 rings (SSSR count). The number of carbonyl (C=O) groups excluding carboxylic acids is 1. The number of hydrogen-bond acceptors (Lipinski definition) is 4. The summed E-state index contributed by atoms with van der Waals surface area (Å²) in [4.78, 5) is 17.9. The minimum absolute atomic E-state index is 0.00645. The van der Waals surface area contributed by atoms with Gasteiger partial charge in [-0.1, -0.05) is 61.0 Å². The van der Waals surface area contributed by atoms with E-state index in [0.717, 1.165) is 17.5 Å². The number of carbonyl (C=O) groups is 1. The van der Waals surface area contributed by atoms with E-state index < -0.39 is 9.84 Å². The Morgan fingerprint density at radius 1 is 0.933 bits per heavy atom. The summed E-state index contributed by atoms with van der Waals surface area (Å²) < 4.78 is 27.3. The van der Waals surface area contributed by atoms with Crippen molar-refractivity contribution in [2.45, 2.75) is 30.1 Å². The standard InChI is InChI=1S/C25H21NO3S/c1-3-18-10-12-19(13-11-18)24(27)22-16-26-23-14-9-17(2)15-21(23)25(22)30(28,29)20-7-5-4-6-8-20/h4-16H,3H2,1-2H3. The Hall–Kier alpha value is -3.31. The Morgan fingerprint density at radius 3 is 2.30 bits per heavy atom. The fourth-order valence-corrected chi connectivity index (χ4v) is 5.14. The molecule has 0 amide bonds. The van der Waals surface area contributed by atoms with E-state index in [2.05, 4.69) is 4.98 Å². The predicted molar refractivity (Wildman–Crippen MR) is 118 cm³/mol. The highest BCUT2D eigenvalue weighted by Gasteiger charge is 2.28. The number of aryl methyl sites for hydroxylation is 2. The van der Waals surface area contributed by atoms with E-state index in [0.29, 0.717) is 16.5 Å². The van der Waals surface area contributed by atoms with E-state index in [1.165, 1.54) is 6.20 Å². The zero-order valence-electron chi connectivity index (χ0n) is 16.8. The number of rotatable bonds is 5. The summed E-state index contributed by atoms with van der Waals surface area (Å²) in [7, 11) is -3.94. The number of benzene rings is 3. The Bertz CT molecular complexity index is 1340. The van der Waals surface area contributed by atoms with Crippen molar-refractivity contribution in [2.24, 2.45) is 0 Å². The van der Waals surface area contributed by atoms with Gasteiger partial charge < -0.3 is 0 Å². The lowest BCUT2D eigenvalue weighted by Crippen LogP contribution is -2.13. The molecule has 0 aliphatic rings. The second kappa shape index (κ2) is 7.84. The van der Waals surface area contributed by atoms with Gasteiger partial charge in [-0.25, -0.2) is 8.42 Å². The number of aromatic nitrogens is 1. The summed E-state index contributed by atoms with van der Waals surface area (Å²) in [6.45, 7) is 3.92. The quantitative estimate of drug-likeness (QED) is 0.422. The molecule has 3 aromatic carbocycles. The molecule has 0 aliphatic carbocycles. The summed E-state index contributed by atoms with van der Waals surface area (Å²) in [6.07, 6.45) is 2.24. The van der Waals surface area contributed by atoms with Crippen LogP contribution in [0.2, 0.25) is 0 Å². The molecule has 0 fully saturated rings. The van der Waals surface area contributed by atoms with Gasteiger partial charge in [-0.2, -0.15) is 0 Å². The maximum Gasteiger partial charge on any atom is 0.208 e. The van der Waals surface area contributed by atoms with Crippen LogP contribution >= 0.6 is 0 Å². The van der Waals surface area contributed by atoms with E-state index >= 15 is 0 Å². The number of ketones is 1. The molecule has 5 heteroatoms. The molecule has 0 radical (unpaired) electrons. The van der Waals surface area contributed by atoms with Crippen molar-refractivity contribution in [3.05, 3.63) is 101 Å². The van der Waals surface area contributed by atoms with Crippen molar-refractivity contribution >= 4 is 26.5 Å². The predicted octanol–water partition coefficient (Wildman–Crippen LogP) is 5.17. The van der Waals surface area contributed by atoms with E-state index in [9.17, 15) is 13.2 Å². The lowest BCUT2D eigenvalue weighted by Gasteiger charge is -2.14. The van der Waals surface area contributed by atoms with Crippen LogP contribution in [-0.2, 0) is 16.3 Å². The van der Waals surface area contributed by atoms with E-state index in [-0.39, 0.29) is 21.1 Å². The van der Waals surface area contributed by atoms with Crippen LogP contribution in [0.25, 0.3) is 10.9 Å². The normalized spacial score (nSPS) is 11.5. The molecule has 4 aromatic rings. The van der Waals surface area contributed by atoms with Gasteiger partial charge in [0.15, 0.2) is 5.78 Å². The smallest absolute Gasteiger partial charge is 0.208 e. The van der Waals surface area contributed by atoms with Gasteiger partial charge in [-0.15, -0.1) is 0 Å². The number of hydrogen-bond donors (Lipinski definition) is 0. The van der Waals surface area contributed by atoms with Crippen LogP contribution in [0.4, 0.5) is 0 Å². The molecule has 0 N–H and O–H groups in total. The molecule has 0 aliphatic heterocycles. The van der Waals surface area contributed by atoms with Gasteiger partial charge >= 0.3 is 0 Å². The highest BCUT2D eigenvalue weighted by molar-refractivity contribution is 7.91. The molecule has 150 valence electrons. The van der Waals surface area contributed by atoms with E-state index in [1.807, 2.05) is 32.0 Å². The van der Waals surface area contributed by atoms with Crippen molar-refractivity contribution in [1.82, 2.24) is 4.98 Å². The van der Waals surface area contributed by atoms with Crippen LogP contribution in [0.1, 0.15) is 34.0 Å². The third-order valence-electron chi connectivity index (χ3n) is 5.17. The molecule has 0 bridgehead atoms. The molecular weight excluding hydrogens is 394 g/mol. The summed E-state index contributed by atoms with van der Waals surface area (Å²) in [6, 6.07) is 20.9. The molecule has 1 aromatic heterocycles. The molecule has 0 atom stereocenters. The van der Waals surface area contributed by atoms with Crippen LogP contribution in [0.3, 0.4) is 0 Å². The highest BCUT2D eigenvalue weighted by Crippen LogP contribution is 2.32. The monoisotopic (exact) mass is 415 g/mol. The topological polar surface area (TPSA) is 64.1 Å². The minimum Gasteiger partial charge on any atom is -0.289 e. The van der Waals surface area contributed by atoms with Crippen LogP contribution in [0, 0.1) is 6.92 Å². The van der Waals surface area contributed by atoms with Crippen molar-refractivity contribution < 1.29 is 13.2 Å². The van der Waals surface area contributed by atoms with Gasteiger partial charge in [-0.3, -0.25) is 9.78 Å². The van der Waals surface area contributed by atoms with E-state index in [1.54, 1.807) is 54.6 Å². The molecule has 4 nitrogen and oxygen atoms in total. The van der Waals surface area contributed by atoms with Gasteiger partial charge in [0, 0.05) is 17.1 Å². The Kier molecular flexibility index (Phi) is 5.22. The van der Waals surface area contributed by atoms with Crippen LogP contribution < -0.4 is 0 Å². The number of pyridine rings is 1. The van der Waals surface area contributed by atoms with Crippen molar-refractivity contribution in [2.75, 3.05) is 0 Å². The average Bonchev–Trinajstić information content (AvgIpc) is 2.78. The highest BCUT2D eigenvalue weighted by atomic mass is 32.2. The third kappa shape index (κ3) is 3.53. The van der Waals surface area contributed by atoms with Gasteiger partial charge in [0.2, 0.25) is 9.84 Å². The maximum absolute atomic E-state index is 13.6. The minimum atomic E-state index is -3.94. The van der Waals surface area contributed by atoms with Crippen LogP contribution in [-0.4, -0.2) is 19.2 Å². The summed E-state index contributed by atoms with van der Waals surface area (Å²) in [5.74, 6) is -0.358. The van der Waals surface area contributed by atoms with Crippen LogP contribution in [0.5, 0.6) is 0 Å². The fraction of sp³-hybridized carbons (Fsp3) is 0.120. The summed E-state index contributed by atoms with van der Waals surface area (Å²) in [5.41, 5.74) is 3.06. The van der Waals surface area contributed by atoms with Crippen molar-refractivity contribution in [3.8, 4) is 0 Å². The van der Waals surface area contributed by atoms with Crippen molar-refractivity contribution in [1.29, 1.82) is 0 Å². The zero-order chi connectivity index (χ0) is 21.3. The van der Waals surface area contributed by atoms with Gasteiger partial charge in [0.25, 0.3) is 0 Å². The first-order chi connectivity index (χ1) is 14.4. The summed E-state index contributed by atoms with van der Waals surface area (Å²) >= 11 is 0. The number of sulfone groups is 1. The third-order valence-corrected chi connectivity index (χ3v) is 7.04. The molecule has 1 heterocycles. The first kappa shape index (κ1) is 20.0. The first-order valence-corrected chi connectivity index (χ1v) is 11.2. The second-order valence-corrected chi connectivity index (χ2v) is 9.10.